The third-order valence-electron chi connectivity index (χ3n) is 4.51. The number of benzene rings is 1. The van der Waals surface area contributed by atoms with Gasteiger partial charge in [-0.15, -0.1) is 12.4 Å². The Kier molecular flexibility index (Phi) is 6.95. The highest BCUT2D eigenvalue weighted by molar-refractivity contribution is 5.85. The first-order chi connectivity index (χ1) is 12.5. The standard InChI is InChI=1S/C18H23N5O3.ClH/c1-20-13-19-16-15(20)17(25)23(18(26)21(16)2)9-8-22(10-11-24)12-14-6-4-3-5-7-14;/h3-7,13,24H,8-12H2,1-2H3;1H. The first kappa shape index (κ1) is 20.9. The van der Waals surface area contributed by atoms with Crippen molar-refractivity contribution in [2.24, 2.45) is 14.1 Å². The van der Waals surface area contributed by atoms with E-state index in [2.05, 4.69) is 4.98 Å². The molecule has 0 spiro atoms. The molecule has 2 heterocycles. The summed E-state index contributed by atoms with van der Waals surface area (Å²) in [5.41, 5.74) is 1.18. The first-order valence-electron chi connectivity index (χ1n) is 8.51. The Morgan fingerprint density at radius 2 is 1.81 bits per heavy atom. The van der Waals surface area contributed by atoms with Crippen LogP contribution in [0.1, 0.15) is 5.56 Å². The van der Waals surface area contributed by atoms with Crippen LogP contribution in [0, 0.1) is 0 Å². The molecule has 0 aliphatic carbocycles. The zero-order valence-electron chi connectivity index (χ0n) is 15.4. The first-order valence-corrected chi connectivity index (χ1v) is 8.51. The van der Waals surface area contributed by atoms with E-state index in [1.54, 1.807) is 18.7 Å². The fourth-order valence-corrected chi connectivity index (χ4v) is 3.09. The number of hydrogen-bond donors (Lipinski definition) is 1. The van der Waals surface area contributed by atoms with E-state index < -0.39 is 0 Å². The van der Waals surface area contributed by atoms with E-state index in [1.807, 2.05) is 35.2 Å². The highest BCUT2D eigenvalue weighted by Crippen LogP contribution is 2.05. The molecule has 0 bridgehead atoms. The number of imidazole rings is 1. The average molecular weight is 394 g/mol. The average Bonchev–Trinajstić information content (AvgIpc) is 3.02. The van der Waals surface area contributed by atoms with Gasteiger partial charge in [-0.3, -0.25) is 18.8 Å². The van der Waals surface area contributed by atoms with Crippen LogP contribution in [0.5, 0.6) is 0 Å². The summed E-state index contributed by atoms with van der Waals surface area (Å²) in [5, 5.41) is 9.33. The Morgan fingerprint density at radius 3 is 2.48 bits per heavy atom. The number of aromatic nitrogens is 4. The molecule has 8 nitrogen and oxygen atoms in total. The van der Waals surface area contributed by atoms with Crippen LogP contribution in [0.4, 0.5) is 0 Å². The van der Waals surface area contributed by atoms with Gasteiger partial charge in [0.05, 0.1) is 12.9 Å². The van der Waals surface area contributed by atoms with E-state index in [0.717, 1.165) is 5.56 Å². The smallest absolute Gasteiger partial charge is 0.332 e. The van der Waals surface area contributed by atoms with Gasteiger partial charge in [0.15, 0.2) is 11.2 Å². The summed E-state index contributed by atoms with van der Waals surface area (Å²) in [6, 6.07) is 9.90. The lowest BCUT2D eigenvalue weighted by atomic mass is 10.2. The summed E-state index contributed by atoms with van der Waals surface area (Å²) in [5.74, 6) is 0. The monoisotopic (exact) mass is 393 g/mol. The molecule has 0 atom stereocenters. The molecule has 0 saturated carbocycles. The van der Waals surface area contributed by atoms with E-state index in [1.165, 1.54) is 15.5 Å². The third kappa shape index (κ3) is 4.29. The molecule has 0 saturated heterocycles. The van der Waals surface area contributed by atoms with E-state index in [9.17, 15) is 14.7 Å². The normalized spacial score (nSPS) is 11.1. The van der Waals surface area contributed by atoms with Crippen molar-refractivity contribution in [3.63, 3.8) is 0 Å². The summed E-state index contributed by atoms with van der Waals surface area (Å²) >= 11 is 0. The molecule has 2 aromatic heterocycles. The van der Waals surface area contributed by atoms with Crippen molar-refractivity contribution in [1.82, 2.24) is 23.6 Å². The van der Waals surface area contributed by atoms with Gasteiger partial charge in [-0.25, -0.2) is 9.78 Å². The molecule has 27 heavy (non-hydrogen) atoms. The summed E-state index contributed by atoms with van der Waals surface area (Å²) in [4.78, 5) is 31.4. The summed E-state index contributed by atoms with van der Waals surface area (Å²) < 4.78 is 4.26. The maximum Gasteiger partial charge on any atom is 0.332 e. The molecule has 1 aromatic carbocycles. The fourth-order valence-electron chi connectivity index (χ4n) is 3.09. The topological polar surface area (TPSA) is 85.3 Å². The summed E-state index contributed by atoms with van der Waals surface area (Å²) in [6.45, 7) is 1.86. The zero-order valence-corrected chi connectivity index (χ0v) is 16.2. The Morgan fingerprint density at radius 1 is 1.11 bits per heavy atom. The Hall–Kier alpha value is -2.42. The van der Waals surface area contributed by atoms with E-state index >= 15 is 0 Å². The fraction of sp³-hybridized carbons (Fsp3) is 0.389. The van der Waals surface area contributed by atoms with Crippen LogP contribution in [0.25, 0.3) is 11.2 Å². The van der Waals surface area contributed by atoms with E-state index in [-0.39, 0.29) is 36.8 Å². The minimum Gasteiger partial charge on any atom is -0.395 e. The number of rotatable bonds is 7. The SMILES string of the molecule is Cl.Cn1cnc2c1c(=O)n(CCN(CCO)Cc1ccccc1)c(=O)n2C. The summed E-state index contributed by atoms with van der Waals surface area (Å²) in [6.07, 6.45) is 1.53. The molecular formula is C18H24ClN5O3. The molecule has 1 N–H and O–H groups in total. The number of hydrogen-bond acceptors (Lipinski definition) is 5. The van der Waals surface area contributed by atoms with Gasteiger partial charge in [-0.1, -0.05) is 30.3 Å². The molecule has 0 aliphatic heterocycles. The van der Waals surface area contributed by atoms with Crippen LogP contribution in [0.15, 0.2) is 46.2 Å². The Labute approximate surface area is 162 Å². The van der Waals surface area contributed by atoms with Crippen LogP contribution in [0.2, 0.25) is 0 Å². The Bertz CT molecular complexity index is 1010. The van der Waals surface area contributed by atoms with Crippen LogP contribution in [-0.4, -0.2) is 48.4 Å². The van der Waals surface area contributed by atoms with Crippen molar-refractivity contribution in [1.29, 1.82) is 0 Å². The second-order valence-electron chi connectivity index (χ2n) is 6.31. The molecule has 0 radical (unpaired) electrons. The number of fused-ring (bicyclic) bond motifs is 1. The minimum absolute atomic E-state index is 0. The highest BCUT2D eigenvalue weighted by atomic mass is 35.5. The second kappa shape index (κ2) is 8.98. The third-order valence-corrected chi connectivity index (χ3v) is 4.51. The molecule has 0 aliphatic rings. The lowest BCUT2D eigenvalue weighted by molar-refractivity contribution is 0.184. The van der Waals surface area contributed by atoms with Gasteiger partial charge in [0, 0.05) is 40.3 Å². The molecule has 9 heteroatoms. The molecule has 0 amide bonds. The predicted molar refractivity (Wildman–Crippen MR) is 106 cm³/mol. The second-order valence-corrected chi connectivity index (χ2v) is 6.31. The van der Waals surface area contributed by atoms with Crippen molar-refractivity contribution in [2.75, 3.05) is 19.7 Å². The van der Waals surface area contributed by atoms with Crippen LogP contribution in [0.3, 0.4) is 0 Å². The predicted octanol–water partition coefficient (Wildman–Crippen LogP) is 0.350. The lowest BCUT2D eigenvalue weighted by Gasteiger charge is -2.21. The van der Waals surface area contributed by atoms with Gasteiger partial charge in [0.25, 0.3) is 5.56 Å². The highest BCUT2D eigenvalue weighted by Gasteiger charge is 2.15. The summed E-state index contributed by atoms with van der Waals surface area (Å²) in [7, 11) is 3.35. The largest absolute Gasteiger partial charge is 0.395 e. The maximum absolute atomic E-state index is 12.7. The molecule has 146 valence electrons. The lowest BCUT2D eigenvalue weighted by Crippen LogP contribution is -2.42. The van der Waals surface area contributed by atoms with Gasteiger partial charge >= 0.3 is 5.69 Å². The van der Waals surface area contributed by atoms with Gasteiger partial charge in [-0.05, 0) is 5.56 Å². The van der Waals surface area contributed by atoms with Gasteiger partial charge in [-0.2, -0.15) is 0 Å². The number of aliphatic hydroxyl groups excluding tert-OH is 1. The van der Waals surface area contributed by atoms with Crippen LogP contribution < -0.4 is 11.2 Å². The van der Waals surface area contributed by atoms with Crippen molar-refractivity contribution in [3.8, 4) is 0 Å². The van der Waals surface area contributed by atoms with Crippen molar-refractivity contribution in [2.45, 2.75) is 13.1 Å². The molecule has 3 rings (SSSR count). The van der Waals surface area contributed by atoms with Gasteiger partial charge in [0.1, 0.15) is 0 Å². The van der Waals surface area contributed by atoms with Gasteiger partial charge in [0.2, 0.25) is 0 Å². The van der Waals surface area contributed by atoms with Crippen molar-refractivity contribution >= 4 is 23.6 Å². The zero-order chi connectivity index (χ0) is 18.7. The number of aryl methyl sites for hydroxylation is 2. The molecule has 3 aromatic rings. The van der Waals surface area contributed by atoms with Gasteiger partial charge < -0.3 is 9.67 Å². The van der Waals surface area contributed by atoms with Crippen molar-refractivity contribution in [3.05, 3.63) is 63.1 Å². The molecule has 0 unspecified atom stereocenters. The number of aliphatic hydroxyl groups is 1. The van der Waals surface area contributed by atoms with Crippen LogP contribution in [-0.2, 0) is 27.2 Å². The van der Waals surface area contributed by atoms with Crippen molar-refractivity contribution < 1.29 is 5.11 Å². The molecular weight excluding hydrogens is 370 g/mol. The van der Waals surface area contributed by atoms with Crippen LogP contribution >= 0.6 is 12.4 Å². The molecule has 0 fully saturated rings. The minimum atomic E-state index is -0.384. The Balaban J connectivity index is 0.00000261. The maximum atomic E-state index is 12.7. The number of nitrogens with zero attached hydrogens (tertiary/aromatic N) is 5. The number of halogens is 1. The van der Waals surface area contributed by atoms with E-state index in [0.29, 0.717) is 30.8 Å². The van der Waals surface area contributed by atoms with E-state index in [4.69, 9.17) is 0 Å². The quantitative estimate of drug-likeness (QED) is 0.626.